The second kappa shape index (κ2) is 9.54. The number of rotatable bonds is 6. The molecular weight excluding hydrogens is 354 g/mol. The number of aryl methyl sites for hydroxylation is 1. The minimum atomic E-state index is -0.256. The molecule has 3 heterocycles. The van der Waals surface area contributed by atoms with Crippen molar-refractivity contribution in [3.05, 3.63) is 18.0 Å². The highest BCUT2D eigenvalue weighted by molar-refractivity contribution is 5.80. The van der Waals surface area contributed by atoms with E-state index in [-0.39, 0.29) is 11.9 Å². The summed E-state index contributed by atoms with van der Waals surface area (Å²) in [5.74, 6) is 0.996. The molecule has 2 saturated heterocycles. The van der Waals surface area contributed by atoms with Gasteiger partial charge in [-0.05, 0) is 51.1 Å². The van der Waals surface area contributed by atoms with Crippen LogP contribution in [-0.4, -0.2) is 82.1 Å². The summed E-state index contributed by atoms with van der Waals surface area (Å²) in [5.41, 5.74) is 1.07. The molecule has 2 amide bonds. The number of carbonyl (C=O) groups is 2. The zero-order valence-electron chi connectivity index (χ0n) is 17.6. The summed E-state index contributed by atoms with van der Waals surface area (Å²) in [6.07, 6.45) is 7.29. The van der Waals surface area contributed by atoms with Crippen LogP contribution in [-0.2, 0) is 9.59 Å². The number of amides is 2. The third-order valence-corrected chi connectivity index (χ3v) is 6.35. The smallest absolute Gasteiger partial charge is 0.247 e. The van der Waals surface area contributed by atoms with Gasteiger partial charge in [-0.1, -0.05) is 6.92 Å². The summed E-state index contributed by atoms with van der Waals surface area (Å²) >= 11 is 0. The van der Waals surface area contributed by atoms with Crippen molar-refractivity contribution in [3.63, 3.8) is 0 Å². The van der Waals surface area contributed by atoms with Gasteiger partial charge in [0.05, 0.1) is 6.20 Å². The fourth-order valence-corrected chi connectivity index (χ4v) is 4.26. The lowest BCUT2D eigenvalue weighted by atomic mass is 9.91. The van der Waals surface area contributed by atoms with Gasteiger partial charge < -0.3 is 14.7 Å². The van der Waals surface area contributed by atoms with E-state index in [1.165, 1.54) is 0 Å². The first-order chi connectivity index (χ1) is 13.5. The van der Waals surface area contributed by atoms with Gasteiger partial charge in [0, 0.05) is 51.9 Å². The number of piperidine rings is 1. The standard InChI is InChI=1S/C21H35N5O2/c1-4-23-11-13-24(14-12-23)20(27)6-5-19-7-9-25(10-8-19)21(28)18(3)26-16-17(2)15-22-26/h15-16,18-19H,4-14H2,1-3H3/t18-/m0/s1. The molecule has 1 aromatic rings. The van der Waals surface area contributed by atoms with E-state index in [1.807, 2.05) is 29.8 Å². The molecule has 0 spiro atoms. The minimum Gasteiger partial charge on any atom is -0.341 e. The van der Waals surface area contributed by atoms with Crippen LogP contribution in [0.3, 0.4) is 0 Å². The van der Waals surface area contributed by atoms with E-state index >= 15 is 0 Å². The Labute approximate surface area is 168 Å². The Balaban J connectivity index is 1.38. The van der Waals surface area contributed by atoms with Crippen molar-refractivity contribution >= 4 is 11.8 Å². The molecule has 0 bridgehead atoms. The Morgan fingerprint density at radius 1 is 1.11 bits per heavy atom. The van der Waals surface area contributed by atoms with Crippen LogP contribution in [0.2, 0.25) is 0 Å². The number of piperazine rings is 1. The third kappa shape index (κ3) is 5.13. The van der Waals surface area contributed by atoms with E-state index in [2.05, 4.69) is 16.9 Å². The van der Waals surface area contributed by atoms with Gasteiger partial charge in [0.2, 0.25) is 11.8 Å². The quantitative estimate of drug-likeness (QED) is 0.746. The highest BCUT2D eigenvalue weighted by Gasteiger charge is 2.28. The zero-order valence-corrected chi connectivity index (χ0v) is 17.6. The molecule has 0 unspecified atom stereocenters. The number of carbonyl (C=O) groups excluding carboxylic acids is 2. The molecule has 0 aliphatic carbocycles. The molecule has 0 radical (unpaired) electrons. The monoisotopic (exact) mass is 389 g/mol. The van der Waals surface area contributed by atoms with Crippen LogP contribution < -0.4 is 0 Å². The van der Waals surface area contributed by atoms with E-state index in [4.69, 9.17) is 0 Å². The first kappa shape index (κ1) is 20.8. The molecule has 0 saturated carbocycles. The van der Waals surface area contributed by atoms with Crippen molar-refractivity contribution in [2.45, 2.75) is 52.5 Å². The molecule has 7 heteroatoms. The number of hydrogen-bond donors (Lipinski definition) is 0. The van der Waals surface area contributed by atoms with Gasteiger partial charge in [0.15, 0.2) is 0 Å². The number of likely N-dealkylation sites (tertiary alicyclic amines) is 1. The number of likely N-dealkylation sites (N-methyl/N-ethyl adjacent to an activating group) is 1. The first-order valence-electron chi connectivity index (χ1n) is 10.8. The second-order valence-corrected chi connectivity index (χ2v) is 8.30. The second-order valence-electron chi connectivity index (χ2n) is 8.30. The van der Waals surface area contributed by atoms with E-state index < -0.39 is 0 Å². The van der Waals surface area contributed by atoms with Gasteiger partial charge in [-0.3, -0.25) is 14.3 Å². The predicted octanol–water partition coefficient (Wildman–Crippen LogP) is 1.94. The van der Waals surface area contributed by atoms with Crippen LogP contribution in [0.1, 0.15) is 51.1 Å². The molecule has 28 heavy (non-hydrogen) atoms. The van der Waals surface area contributed by atoms with Crippen LogP contribution in [0.4, 0.5) is 0 Å². The summed E-state index contributed by atoms with van der Waals surface area (Å²) in [6, 6.07) is -0.256. The SMILES string of the molecule is CCN1CCN(C(=O)CCC2CCN(C(=O)[C@H](C)n3cc(C)cn3)CC2)CC1. The van der Waals surface area contributed by atoms with Gasteiger partial charge in [-0.25, -0.2) is 0 Å². The number of hydrogen-bond acceptors (Lipinski definition) is 4. The van der Waals surface area contributed by atoms with Crippen molar-refractivity contribution in [1.29, 1.82) is 0 Å². The van der Waals surface area contributed by atoms with E-state index in [0.29, 0.717) is 18.2 Å². The molecule has 0 N–H and O–H groups in total. The lowest BCUT2D eigenvalue weighted by Gasteiger charge is -2.35. The average Bonchev–Trinajstić information content (AvgIpc) is 3.17. The first-order valence-corrected chi connectivity index (χ1v) is 10.8. The summed E-state index contributed by atoms with van der Waals surface area (Å²) < 4.78 is 1.75. The predicted molar refractivity (Wildman–Crippen MR) is 109 cm³/mol. The van der Waals surface area contributed by atoms with E-state index in [0.717, 1.165) is 70.6 Å². The van der Waals surface area contributed by atoms with Crippen molar-refractivity contribution in [2.24, 2.45) is 5.92 Å². The van der Waals surface area contributed by atoms with Gasteiger partial charge >= 0.3 is 0 Å². The van der Waals surface area contributed by atoms with Crippen LogP contribution in [0.5, 0.6) is 0 Å². The van der Waals surface area contributed by atoms with Crippen molar-refractivity contribution in [2.75, 3.05) is 45.8 Å². The van der Waals surface area contributed by atoms with Gasteiger partial charge in [-0.2, -0.15) is 5.10 Å². The van der Waals surface area contributed by atoms with Crippen molar-refractivity contribution < 1.29 is 9.59 Å². The fourth-order valence-electron chi connectivity index (χ4n) is 4.26. The highest BCUT2D eigenvalue weighted by Crippen LogP contribution is 2.24. The third-order valence-electron chi connectivity index (χ3n) is 6.35. The molecule has 7 nitrogen and oxygen atoms in total. The van der Waals surface area contributed by atoms with Gasteiger partial charge in [-0.15, -0.1) is 0 Å². The van der Waals surface area contributed by atoms with Crippen LogP contribution in [0.15, 0.2) is 12.4 Å². The molecule has 0 aromatic carbocycles. The largest absolute Gasteiger partial charge is 0.341 e. The molecule has 2 aliphatic rings. The topological polar surface area (TPSA) is 61.7 Å². The maximum Gasteiger partial charge on any atom is 0.247 e. The summed E-state index contributed by atoms with van der Waals surface area (Å²) in [5, 5.41) is 4.27. The Hall–Kier alpha value is -1.89. The summed E-state index contributed by atoms with van der Waals surface area (Å²) in [6.45, 7) is 12.4. The summed E-state index contributed by atoms with van der Waals surface area (Å²) in [4.78, 5) is 31.6. The Morgan fingerprint density at radius 3 is 2.36 bits per heavy atom. The summed E-state index contributed by atoms with van der Waals surface area (Å²) in [7, 11) is 0. The molecule has 156 valence electrons. The maximum atomic E-state index is 12.7. The molecule has 1 aromatic heterocycles. The van der Waals surface area contributed by atoms with E-state index in [1.54, 1.807) is 10.9 Å². The maximum absolute atomic E-state index is 12.7. The zero-order chi connectivity index (χ0) is 20.1. The Kier molecular flexibility index (Phi) is 7.10. The molecule has 3 rings (SSSR count). The van der Waals surface area contributed by atoms with Crippen LogP contribution in [0.25, 0.3) is 0 Å². The molecule has 2 aliphatic heterocycles. The Morgan fingerprint density at radius 2 is 1.79 bits per heavy atom. The normalized spacial score (nSPS) is 20.4. The van der Waals surface area contributed by atoms with Crippen LogP contribution in [0, 0.1) is 12.8 Å². The Bertz CT molecular complexity index is 658. The lowest BCUT2D eigenvalue weighted by Crippen LogP contribution is -2.48. The van der Waals surface area contributed by atoms with Crippen molar-refractivity contribution in [1.82, 2.24) is 24.5 Å². The van der Waals surface area contributed by atoms with Crippen molar-refractivity contribution in [3.8, 4) is 0 Å². The number of aromatic nitrogens is 2. The van der Waals surface area contributed by atoms with Crippen LogP contribution >= 0.6 is 0 Å². The fraction of sp³-hybridized carbons (Fsp3) is 0.762. The minimum absolute atomic E-state index is 0.145. The average molecular weight is 390 g/mol. The molecule has 1 atom stereocenters. The molecular formula is C21H35N5O2. The van der Waals surface area contributed by atoms with Gasteiger partial charge in [0.1, 0.15) is 6.04 Å². The lowest BCUT2D eigenvalue weighted by molar-refractivity contribution is -0.137. The van der Waals surface area contributed by atoms with Gasteiger partial charge in [0.25, 0.3) is 0 Å². The molecule has 2 fully saturated rings. The van der Waals surface area contributed by atoms with E-state index in [9.17, 15) is 9.59 Å². The number of nitrogens with zero attached hydrogens (tertiary/aromatic N) is 5. The highest BCUT2D eigenvalue weighted by atomic mass is 16.2.